The topological polar surface area (TPSA) is 79.2 Å². The third kappa shape index (κ3) is 3.24. The van der Waals surface area contributed by atoms with E-state index in [0.29, 0.717) is 17.7 Å². The van der Waals surface area contributed by atoms with Gasteiger partial charge in [-0.25, -0.2) is 4.79 Å². The molecule has 3 heterocycles. The molecule has 0 aliphatic carbocycles. The van der Waals surface area contributed by atoms with Gasteiger partial charge in [-0.3, -0.25) is 18.9 Å². The standard InChI is InChI=1S/C20H26N6O2/c1-4-24-9-11-25(12-10-24)19-21-17-16(18(27)22-20(28)23(17)3)26(19)13-15-7-5-14(2)6-8-15/h5-8H,4,9-13H2,1-3H3,(H,22,27,28). The highest BCUT2D eigenvalue weighted by Gasteiger charge is 2.24. The summed E-state index contributed by atoms with van der Waals surface area (Å²) in [5, 5.41) is 0. The van der Waals surface area contributed by atoms with Gasteiger partial charge in [0.1, 0.15) is 0 Å². The Hall–Kier alpha value is -2.87. The summed E-state index contributed by atoms with van der Waals surface area (Å²) in [7, 11) is 1.64. The van der Waals surface area contributed by atoms with Crippen molar-refractivity contribution in [1.82, 2.24) is 24.0 Å². The highest BCUT2D eigenvalue weighted by atomic mass is 16.2. The van der Waals surface area contributed by atoms with Gasteiger partial charge in [0.05, 0.1) is 6.54 Å². The van der Waals surface area contributed by atoms with Crippen molar-refractivity contribution >= 4 is 17.1 Å². The summed E-state index contributed by atoms with van der Waals surface area (Å²) < 4.78 is 3.36. The van der Waals surface area contributed by atoms with Gasteiger partial charge >= 0.3 is 5.69 Å². The van der Waals surface area contributed by atoms with Crippen LogP contribution >= 0.6 is 0 Å². The zero-order valence-electron chi connectivity index (χ0n) is 16.6. The first-order valence-corrected chi connectivity index (χ1v) is 9.70. The molecule has 0 spiro atoms. The zero-order valence-corrected chi connectivity index (χ0v) is 16.6. The van der Waals surface area contributed by atoms with Gasteiger partial charge in [-0.1, -0.05) is 36.8 Å². The Morgan fingerprint density at radius 1 is 1.07 bits per heavy atom. The van der Waals surface area contributed by atoms with Crippen LogP contribution in [-0.2, 0) is 13.6 Å². The summed E-state index contributed by atoms with van der Waals surface area (Å²) in [5.41, 5.74) is 2.31. The number of rotatable bonds is 4. The molecule has 0 unspecified atom stereocenters. The molecule has 148 valence electrons. The van der Waals surface area contributed by atoms with Crippen LogP contribution in [-0.4, -0.2) is 56.7 Å². The summed E-state index contributed by atoms with van der Waals surface area (Å²) in [6.45, 7) is 9.38. The second kappa shape index (κ2) is 7.27. The fourth-order valence-corrected chi connectivity index (χ4v) is 3.75. The number of imidazole rings is 1. The number of nitrogens with zero attached hydrogens (tertiary/aromatic N) is 5. The summed E-state index contributed by atoms with van der Waals surface area (Å²) in [5.74, 6) is 0.748. The predicted molar refractivity (Wildman–Crippen MR) is 110 cm³/mol. The van der Waals surface area contributed by atoms with E-state index in [4.69, 9.17) is 4.98 Å². The average Bonchev–Trinajstić information content (AvgIpc) is 3.08. The molecule has 1 N–H and O–H groups in total. The lowest BCUT2D eigenvalue weighted by atomic mass is 10.1. The van der Waals surface area contributed by atoms with Crippen molar-refractivity contribution in [3.05, 3.63) is 56.2 Å². The fraction of sp³-hybridized carbons (Fsp3) is 0.450. The third-order valence-electron chi connectivity index (χ3n) is 5.55. The number of piperazine rings is 1. The first-order valence-electron chi connectivity index (χ1n) is 9.70. The molecule has 1 aromatic carbocycles. The summed E-state index contributed by atoms with van der Waals surface area (Å²) in [6.07, 6.45) is 0. The van der Waals surface area contributed by atoms with Gasteiger partial charge in [0.25, 0.3) is 5.56 Å². The SMILES string of the molecule is CCN1CCN(c2nc3c(c(=O)[nH]c(=O)n3C)n2Cc2ccc(C)cc2)CC1. The van der Waals surface area contributed by atoms with Gasteiger partial charge < -0.3 is 9.80 Å². The lowest BCUT2D eigenvalue weighted by Gasteiger charge is -2.34. The molecule has 28 heavy (non-hydrogen) atoms. The molecule has 1 aliphatic heterocycles. The Morgan fingerprint density at radius 2 is 1.75 bits per heavy atom. The minimum atomic E-state index is -0.445. The molecule has 8 heteroatoms. The van der Waals surface area contributed by atoms with E-state index in [2.05, 4.69) is 52.9 Å². The quantitative estimate of drug-likeness (QED) is 0.726. The van der Waals surface area contributed by atoms with Gasteiger partial charge in [0.2, 0.25) is 5.95 Å². The maximum absolute atomic E-state index is 12.7. The summed E-state index contributed by atoms with van der Waals surface area (Å²) in [6, 6.07) is 8.26. The number of aryl methyl sites for hydroxylation is 2. The first-order chi connectivity index (χ1) is 13.5. The molecule has 4 rings (SSSR count). The van der Waals surface area contributed by atoms with Crippen molar-refractivity contribution in [2.75, 3.05) is 37.6 Å². The van der Waals surface area contributed by atoms with Crippen LogP contribution in [0.15, 0.2) is 33.9 Å². The fourth-order valence-electron chi connectivity index (χ4n) is 3.75. The Bertz CT molecular complexity index is 1100. The second-order valence-corrected chi connectivity index (χ2v) is 7.40. The predicted octanol–water partition coefficient (Wildman–Crippen LogP) is 0.922. The minimum Gasteiger partial charge on any atom is -0.340 e. The van der Waals surface area contributed by atoms with Crippen LogP contribution in [0.25, 0.3) is 11.2 Å². The van der Waals surface area contributed by atoms with Gasteiger partial charge in [-0.05, 0) is 19.0 Å². The van der Waals surface area contributed by atoms with Crippen molar-refractivity contribution in [3.63, 3.8) is 0 Å². The van der Waals surface area contributed by atoms with Crippen LogP contribution in [0.4, 0.5) is 5.95 Å². The number of hydrogen-bond acceptors (Lipinski definition) is 5. The van der Waals surface area contributed by atoms with Gasteiger partial charge in [-0.2, -0.15) is 4.98 Å². The van der Waals surface area contributed by atoms with Crippen LogP contribution in [0.1, 0.15) is 18.1 Å². The first kappa shape index (κ1) is 18.5. The van der Waals surface area contributed by atoms with E-state index in [1.807, 2.05) is 4.57 Å². The lowest BCUT2D eigenvalue weighted by Crippen LogP contribution is -2.47. The van der Waals surface area contributed by atoms with Crippen LogP contribution in [0, 0.1) is 6.92 Å². The van der Waals surface area contributed by atoms with Crippen LogP contribution in [0.3, 0.4) is 0 Å². The zero-order chi connectivity index (χ0) is 19.8. The van der Waals surface area contributed by atoms with Gasteiger partial charge in [0.15, 0.2) is 11.2 Å². The number of nitrogens with one attached hydrogen (secondary N) is 1. The molecule has 1 saturated heterocycles. The highest BCUT2D eigenvalue weighted by molar-refractivity contribution is 5.74. The summed E-state index contributed by atoms with van der Waals surface area (Å²) in [4.78, 5) is 36.5. The number of likely N-dealkylation sites (N-methyl/N-ethyl adjacent to an activating group) is 1. The smallest absolute Gasteiger partial charge is 0.329 e. The van der Waals surface area contributed by atoms with Crippen molar-refractivity contribution < 1.29 is 0 Å². The van der Waals surface area contributed by atoms with E-state index in [9.17, 15) is 9.59 Å². The lowest BCUT2D eigenvalue weighted by molar-refractivity contribution is 0.269. The number of benzene rings is 1. The Kier molecular flexibility index (Phi) is 4.80. The number of aromatic nitrogens is 4. The van der Waals surface area contributed by atoms with Gasteiger partial charge in [0, 0.05) is 33.2 Å². The molecule has 1 aliphatic rings. The van der Waals surface area contributed by atoms with Crippen molar-refractivity contribution in [1.29, 1.82) is 0 Å². The maximum atomic E-state index is 12.7. The molecular weight excluding hydrogens is 356 g/mol. The second-order valence-electron chi connectivity index (χ2n) is 7.40. The van der Waals surface area contributed by atoms with E-state index in [1.54, 1.807) is 7.05 Å². The molecule has 2 aromatic heterocycles. The molecule has 0 radical (unpaired) electrons. The number of aromatic amines is 1. The Morgan fingerprint density at radius 3 is 2.39 bits per heavy atom. The molecule has 0 amide bonds. The number of anilines is 1. The van der Waals surface area contributed by atoms with Crippen LogP contribution < -0.4 is 16.1 Å². The van der Waals surface area contributed by atoms with E-state index >= 15 is 0 Å². The van der Waals surface area contributed by atoms with E-state index in [0.717, 1.165) is 44.2 Å². The molecule has 0 atom stereocenters. The monoisotopic (exact) mass is 382 g/mol. The van der Waals surface area contributed by atoms with E-state index in [-0.39, 0.29) is 0 Å². The molecule has 0 saturated carbocycles. The number of H-pyrrole nitrogens is 1. The Balaban J connectivity index is 1.84. The van der Waals surface area contributed by atoms with Crippen molar-refractivity contribution in [2.24, 2.45) is 7.05 Å². The van der Waals surface area contributed by atoms with Crippen LogP contribution in [0.2, 0.25) is 0 Å². The molecule has 3 aromatic rings. The van der Waals surface area contributed by atoms with Crippen molar-refractivity contribution in [3.8, 4) is 0 Å². The van der Waals surface area contributed by atoms with Crippen LogP contribution in [0.5, 0.6) is 0 Å². The number of hydrogen-bond donors (Lipinski definition) is 1. The molecule has 1 fully saturated rings. The van der Waals surface area contributed by atoms with Gasteiger partial charge in [-0.15, -0.1) is 0 Å². The molecule has 8 nitrogen and oxygen atoms in total. The molecule has 0 bridgehead atoms. The van der Waals surface area contributed by atoms with E-state index < -0.39 is 11.2 Å². The largest absolute Gasteiger partial charge is 0.340 e. The third-order valence-corrected chi connectivity index (χ3v) is 5.55. The highest BCUT2D eigenvalue weighted by Crippen LogP contribution is 2.22. The average molecular weight is 382 g/mol. The summed E-state index contributed by atoms with van der Waals surface area (Å²) >= 11 is 0. The van der Waals surface area contributed by atoms with E-state index in [1.165, 1.54) is 10.1 Å². The van der Waals surface area contributed by atoms with Crippen molar-refractivity contribution in [2.45, 2.75) is 20.4 Å². The minimum absolute atomic E-state index is 0.392. The normalized spacial score (nSPS) is 15.5. The number of fused-ring (bicyclic) bond motifs is 1. The maximum Gasteiger partial charge on any atom is 0.329 e. The Labute approximate surface area is 163 Å². The molecular formula is C20H26N6O2.